The Morgan fingerprint density at radius 1 is 1.11 bits per heavy atom. The number of aromatic nitrogens is 6. The number of benzene rings is 2. The summed E-state index contributed by atoms with van der Waals surface area (Å²) in [5.41, 5.74) is 3.21. The number of halogens is 1. The molecule has 1 N–H and O–H groups in total. The van der Waals surface area contributed by atoms with Gasteiger partial charge in [0.15, 0.2) is 22.9 Å². The van der Waals surface area contributed by atoms with E-state index in [1.54, 1.807) is 34.0 Å². The van der Waals surface area contributed by atoms with Gasteiger partial charge in [-0.25, -0.2) is 14.4 Å². The second kappa shape index (κ2) is 11.7. The number of carbonyl (C=O) groups excluding carboxylic acids is 2. The number of rotatable bonds is 8. The zero-order chi connectivity index (χ0) is 31.1. The smallest absolute Gasteiger partial charge is 0.276 e. The predicted molar refractivity (Wildman–Crippen MR) is 161 cm³/mol. The minimum absolute atomic E-state index is 0.0945. The first-order valence-corrected chi connectivity index (χ1v) is 14.9. The van der Waals surface area contributed by atoms with E-state index < -0.39 is 12.1 Å². The number of pyridine rings is 1. The first kappa shape index (κ1) is 28.6. The maximum Gasteiger partial charge on any atom is 0.276 e. The van der Waals surface area contributed by atoms with Crippen molar-refractivity contribution in [2.45, 2.75) is 38.4 Å². The topological polar surface area (TPSA) is 141 Å². The van der Waals surface area contributed by atoms with E-state index in [0.717, 1.165) is 18.4 Å². The summed E-state index contributed by atoms with van der Waals surface area (Å²) >= 11 is 0. The number of hydrogen-bond acceptors (Lipinski definition) is 9. The van der Waals surface area contributed by atoms with Crippen LogP contribution in [0, 0.1) is 18.8 Å². The lowest BCUT2D eigenvalue weighted by molar-refractivity contribution is -0.117. The van der Waals surface area contributed by atoms with Crippen LogP contribution < -0.4 is 10.1 Å². The van der Waals surface area contributed by atoms with Crippen molar-refractivity contribution in [2.24, 2.45) is 11.8 Å². The normalized spacial score (nSPS) is 19.0. The highest BCUT2D eigenvalue weighted by atomic mass is 19.1. The third-order valence-corrected chi connectivity index (χ3v) is 8.44. The van der Waals surface area contributed by atoms with E-state index in [-0.39, 0.29) is 47.5 Å². The van der Waals surface area contributed by atoms with Gasteiger partial charge in [0.1, 0.15) is 17.7 Å². The van der Waals surface area contributed by atoms with Gasteiger partial charge in [0.2, 0.25) is 11.8 Å². The molecule has 1 aliphatic carbocycles. The molecule has 3 aromatic heterocycles. The van der Waals surface area contributed by atoms with Crippen LogP contribution in [0.1, 0.15) is 47.2 Å². The number of ether oxygens (including phenoxy) is 1. The monoisotopic (exact) mass is 610 g/mol. The van der Waals surface area contributed by atoms with Crippen LogP contribution in [0.4, 0.5) is 10.1 Å². The van der Waals surface area contributed by atoms with Gasteiger partial charge >= 0.3 is 0 Å². The van der Waals surface area contributed by atoms with Gasteiger partial charge in [-0.3, -0.25) is 9.59 Å². The number of aryl methyl sites for hydroxylation is 1. The Balaban J connectivity index is 1.09. The summed E-state index contributed by atoms with van der Waals surface area (Å²) < 4.78 is 25.0. The average Bonchev–Trinajstić information content (AvgIpc) is 3.42. The molecule has 5 aromatic rings. The van der Waals surface area contributed by atoms with E-state index in [1.807, 2.05) is 25.1 Å². The van der Waals surface area contributed by atoms with Gasteiger partial charge in [-0.05, 0) is 67.1 Å². The predicted octanol–water partition coefficient (Wildman–Crippen LogP) is 4.63. The minimum Gasteiger partial charge on any atom is -0.493 e. The Bertz CT molecular complexity index is 1870. The molecule has 0 radical (unpaired) electrons. The summed E-state index contributed by atoms with van der Waals surface area (Å²) in [7, 11) is 1.48. The summed E-state index contributed by atoms with van der Waals surface area (Å²) in [6.07, 6.45) is 2.18. The van der Waals surface area contributed by atoms with Crippen molar-refractivity contribution in [2.75, 3.05) is 25.5 Å². The van der Waals surface area contributed by atoms with Crippen molar-refractivity contribution in [1.29, 1.82) is 0 Å². The van der Waals surface area contributed by atoms with Gasteiger partial charge in [0.05, 0.1) is 18.6 Å². The van der Waals surface area contributed by atoms with E-state index >= 15 is 0 Å². The molecule has 7 rings (SSSR count). The molecule has 230 valence electrons. The number of piperidine rings is 1. The lowest BCUT2D eigenvalue weighted by atomic mass is 9.85. The van der Waals surface area contributed by atoms with Crippen molar-refractivity contribution < 1.29 is 23.1 Å². The zero-order valence-corrected chi connectivity index (χ0v) is 24.8. The molecular weight excluding hydrogens is 579 g/mol. The van der Waals surface area contributed by atoms with Crippen LogP contribution in [0.15, 0.2) is 65.2 Å². The van der Waals surface area contributed by atoms with E-state index in [2.05, 4.69) is 42.8 Å². The summed E-state index contributed by atoms with van der Waals surface area (Å²) in [4.78, 5) is 38.5. The van der Waals surface area contributed by atoms with Gasteiger partial charge in [0.25, 0.3) is 5.91 Å². The number of hydrogen-bond donors (Lipinski definition) is 1. The Labute approximate surface area is 257 Å². The minimum atomic E-state index is -1.08. The van der Waals surface area contributed by atoms with Crippen molar-refractivity contribution >= 4 is 28.6 Å². The first-order chi connectivity index (χ1) is 21.9. The molecule has 1 saturated heterocycles. The van der Waals surface area contributed by atoms with Crippen molar-refractivity contribution in [3.8, 4) is 17.2 Å². The molecule has 13 heteroatoms. The number of nitrogens with zero attached hydrogens (tertiary/aromatic N) is 7. The van der Waals surface area contributed by atoms with Crippen LogP contribution in [0.5, 0.6) is 5.75 Å². The maximum atomic E-state index is 13.8. The van der Waals surface area contributed by atoms with Gasteiger partial charge in [-0.1, -0.05) is 30.3 Å². The van der Waals surface area contributed by atoms with Crippen LogP contribution in [0.3, 0.4) is 0 Å². The molecule has 0 bridgehead atoms. The lowest BCUT2D eigenvalue weighted by Gasteiger charge is -2.35. The van der Waals surface area contributed by atoms with E-state index in [0.29, 0.717) is 41.3 Å². The maximum absolute atomic E-state index is 13.8. The number of alkyl halides is 1. The zero-order valence-electron chi connectivity index (χ0n) is 24.8. The molecular formula is C32H31FN8O4. The molecule has 2 aromatic carbocycles. The Morgan fingerprint density at radius 3 is 2.58 bits per heavy atom. The molecule has 2 aliphatic rings. The second-order valence-electron chi connectivity index (χ2n) is 11.4. The van der Waals surface area contributed by atoms with Crippen molar-refractivity contribution in [3.63, 3.8) is 0 Å². The number of tetrazole rings is 1. The van der Waals surface area contributed by atoms with Crippen LogP contribution >= 0.6 is 0 Å². The first-order valence-electron chi connectivity index (χ1n) is 14.9. The van der Waals surface area contributed by atoms with Gasteiger partial charge < -0.3 is 19.4 Å². The number of methoxy groups -OCH3 is 1. The summed E-state index contributed by atoms with van der Waals surface area (Å²) in [5.74, 6) is 0.113. The van der Waals surface area contributed by atoms with E-state index in [9.17, 15) is 14.0 Å². The Morgan fingerprint density at radius 2 is 1.89 bits per heavy atom. The van der Waals surface area contributed by atoms with Gasteiger partial charge in [-0.15, -0.1) is 10.2 Å². The van der Waals surface area contributed by atoms with Gasteiger partial charge in [0, 0.05) is 25.0 Å². The Kier molecular flexibility index (Phi) is 7.43. The average molecular weight is 611 g/mol. The fourth-order valence-electron chi connectivity index (χ4n) is 6.00. The Hall–Kier alpha value is -5.20. The van der Waals surface area contributed by atoms with E-state index in [4.69, 9.17) is 9.15 Å². The quantitative estimate of drug-likeness (QED) is 0.266. The molecule has 1 saturated carbocycles. The molecule has 4 heterocycles. The number of carbonyl (C=O) groups is 2. The second-order valence-corrected chi connectivity index (χ2v) is 11.4. The van der Waals surface area contributed by atoms with Crippen LogP contribution in [0.2, 0.25) is 0 Å². The fourth-order valence-corrected chi connectivity index (χ4v) is 6.00. The summed E-state index contributed by atoms with van der Waals surface area (Å²) in [6, 6.07) is 16.7. The van der Waals surface area contributed by atoms with Crippen molar-refractivity contribution in [1.82, 2.24) is 35.1 Å². The molecule has 45 heavy (non-hydrogen) atoms. The lowest BCUT2D eigenvalue weighted by Crippen LogP contribution is -2.41. The third-order valence-electron chi connectivity index (χ3n) is 8.44. The number of nitrogens with one attached hydrogen (secondary N) is 1. The number of amides is 2. The standard InChI is InChI=1S/C32H31FN8O4/c1-18-37-39-41(38-18)28(19-6-4-3-5-7-19)20-11-14-40(15-12-20)32(43)27-29(44-2)22(10-13-34-27)31-36-25-16-21(8-9-26(25)45-31)35-30(42)23-17-24(23)33/h3-10,13,16,20,23-24,28H,11-12,14-15,17H2,1-2H3,(H,35,42)/t23-,24+,28+/m1/s1. The highest BCUT2D eigenvalue weighted by Crippen LogP contribution is 2.38. The molecule has 0 spiro atoms. The molecule has 2 amide bonds. The van der Waals surface area contributed by atoms with E-state index in [1.165, 1.54) is 13.3 Å². The number of anilines is 1. The summed E-state index contributed by atoms with van der Waals surface area (Å²) in [6.45, 7) is 2.87. The fraction of sp³-hybridized carbons (Fsp3) is 0.344. The highest BCUT2D eigenvalue weighted by Gasteiger charge is 2.43. The largest absolute Gasteiger partial charge is 0.493 e. The van der Waals surface area contributed by atoms with Crippen LogP contribution in [-0.2, 0) is 4.79 Å². The third kappa shape index (κ3) is 5.61. The SMILES string of the molecule is COc1c(-c2nc3cc(NC(=O)[C@@H]4C[C@@H]4F)ccc3o2)ccnc1C(=O)N1CCC([C@H](c2ccccc2)n2nnc(C)n2)CC1. The van der Waals surface area contributed by atoms with Crippen molar-refractivity contribution in [3.05, 3.63) is 77.9 Å². The molecule has 0 unspecified atom stereocenters. The molecule has 1 aliphatic heterocycles. The molecule has 3 atom stereocenters. The van der Waals surface area contributed by atoms with Crippen LogP contribution in [-0.4, -0.2) is 73.3 Å². The van der Waals surface area contributed by atoms with Gasteiger partial charge in [-0.2, -0.15) is 4.80 Å². The molecule has 12 nitrogen and oxygen atoms in total. The number of likely N-dealkylation sites (tertiary alicyclic amines) is 1. The van der Waals surface area contributed by atoms with Crippen LogP contribution in [0.25, 0.3) is 22.6 Å². The summed E-state index contributed by atoms with van der Waals surface area (Å²) in [5, 5.41) is 15.6. The molecule has 2 fully saturated rings. The number of fused-ring (bicyclic) bond motifs is 1. The number of oxazole rings is 1. The highest BCUT2D eigenvalue weighted by molar-refractivity contribution is 5.98.